The first-order valence-electron chi connectivity index (χ1n) is 9.38. The van der Waals surface area contributed by atoms with Gasteiger partial charge in [-0.2, -0.15) is 0 Å². The number of methoxy groups -OCH3 is 1. The lowest BCUT2D eigenvalue weighted by atomic mass is 10.0. The lowest BCUT2D eigenvalue weighted by Gasteiger charge is -2.13. The van der Waals surface area contributed by atoms with Gasteiger partial charge in [-0.3, -0.25) is 4.79 Å². The third-order valence-corrected chi connectivity index (χ3v) is 6.64. The van der Waals surface area contributed by atoms with Crippen LogP contribution in [0.5, 0.6) is 5.75 Å². The van der Waals surface area contributed by atoms with Crippen molar-refractivity contribution in [2.45, 2.75) is 20.8 Å². The number of rotatable bonds is 6. The zero-order valence-corrected chi connectivity index (χ0v) is 21.5. The number of nitrogens with one attached hydrogen (secondary N) is 1. The molecule has 3 rings (SSSR count). The Bertz CT molecular complexity index is 1120. The summed E-state index contributed by atoms with van der Waals surface area (Å²) in [6, 6.07) is 11.5. The molecule has 0 unspecified atom stereocenters. The summed E-state index contributed by atoms with van der Waals surface area (Å²) in [5, 5.41) is 3.27. The molecule has 0 saturated heterocycles. The number of thiophene rings is 1. The molecule has 5 nitrogen and oxygen atoms in total. The number of hydrogen-bond acceptors (Lipinski definition) is 5. The monoisotopic (exact) mass is 565 g/mol. The molecule has 0 bridgehead atoms. The molecule has 0 aliphatic rings. The Kier molecular flexibility index (Phi) is 7.56. The first kappa shape index (κ1) is 23.5. The Labute approximate surface area is 202 Å². The van der Waals surface area contributed by atoms with E-state index in [1.165, 1.54) is 18.4 Å². The normalized spacial score (nSPS) is 10.6. The Balaban J connectivity index is 1.86. The smallest absolute Gasteiger partial charge is 0.341 e. The highest BCUT2D eigenvalue weighted by molar-refractivity contribution is 9.10. The fraction of sp³-hybridized carbons (Fsp3) is 0.217. The van der Waals surface area contributed by atoms with Gasteiger partial charge in [0.2, 0.25) is 0 Å². The van der Waals surface area contributed by atoms with Crippen LogP contribution in [0.4, 0.5) is 5.00 Å². The number of amides is 1. The highest BCUT2D eigenvalue weighted by atomic mass is 79.9. The van der Waals surface area contributed by atoms with Crippen molar-refractivity contribution in [1.82, 2.24) is 0 Å². The number of hydrogen-bond donors (Lipinski definition) is 1. The number of anilines is 1. The Hall–Kier alpha value is -2.16. The average Bonchev–Trinajstić information content (AvgIpc) is 3.02. The average molecular weight is 567 g/mol. The molecule has 0 aliphatic carbocycles. The van der Waals surface area contributed by atoms with Gasteiger partial charge < -0.3 is 14.8 Å². The highest BCUT2D eigenvalue weighted by Crippen LogP contribution is 2.40. The number of esters is 1. The van der Waals surface area contributed by atoms with Gasteiger partial charge >= 0.3 is 5.97 Å². The summed E-state index contributed by atoms with van der Waals surface area (Å²) >= 11 is 8.21. The van der Waals surface area contributed by atoms with Gasteiger partial charge in [0, 0.05) is 19.4 Å². The molecule has 0 spiro atoms. The quantitative estimate of drug-likeness (QED) is 0.338. The van der Waals surface area contributed by atoms with E-state index in [0.29, 0.717) is 16.3 Å². The first-order chi connectivity index (χ1) is 14.7. The molecular weight excluding hydrogens is 546 g/mol. The van der Waals surface area contributed by atoms with Crippen LogP contribution in [-0.4, -0.2) is 25.6 Å². The molecule has 0 radical (unpaired) electrons. The molecule has 1 aromatic heterocycles. The molecule has 2 aromatic carbocycles. The van der Waals surface area contributed by atoms with E-state index in [1.54, 1.807) is 0 Å². The number of ether oxygens (including phenoxy) is 2. The summed E-state index contributed by atoms with van der Waals surface area (Å²) in [6.45, 7) is 5.59. The number of carbonyl (C=O) groups excluding carboxylic acids is 2. The number of carbonyl (C=O) groups is 2. The number of benzene rings is 2. The van der Waals surface area contributed by atoms with Crippen molar-refractivity contribution < 1.29 is 19.1 Å². The Morgan fingerprint density at radius 2 is 1.61 bits per heavy atom. The van der Waals surface area contributed by atoms with Crippen molar-refractivity contribution >= 4 is 60.1 Å². The van der Waals surface area contributed by atoms with E-state index < -0.39 is 5.97 Å². The van der Waals surface area contributed by atoms with Gasteiger partial charge in [0.1, 0.15) is 16.3 Å². The summed E-state index contributed by atoms with van der Waals surface area (Å²) in [7, 11) is 1.33. The molecule has 0 fully saturated rings. The molecule has 0 saturated carbocycles. The zero-order chi connectivity index (χ0) is 22.7. The summed E-state index contributed by atoms with van der Waals surface area (Å²) < 4.78 is 12.7. The molecule has 3 aromatic rings. The van der Waals surface area contributed by atoms with Gasteiger partial charge in [-0.25, -0.2) is 4.79 Å². The van der Waals surface area contributed by atoms with Crippen LogP contribution in [0.25, 0.3) is 11.1 Å². The number of halogens is 2. The predicted octanol–water partition coefficient (Wildman–Crippen LogP) is 6.67. The van der Waals surface area contributed by atoms with Gasteiger partial charge in [0.05, 0.1) is 7.11 Å². The van der Waals surface area contributed by atoms with Crippen molar-refractivity contribution in [2.75, 3.05) is 19.0 Å². The lowest BCUT2D eigenvalue weighted by Crippen LogP contribution is -2.21. The van der Waals surface area contributed by atoms with E-state index in [0.717, 1.165) is 36.1 Å². The first-order valence-corrected chi connectivity index (χ1v) is 11.8. The molecular formula is C23H21Br2NO4S. The van der Waals surface area contributed by atoms with E-state index in [9.17, 15) is 9.59 Å². The molecule has 1 heterocycles. The second-order valence-electron chi connectivity index (χ2n) is 6.94. The Morgan fingerprint density at radius 3 is 2.19 bits per heavy atom. The summed E-state index contributed by atoms with van der Waals surface area (Å²) in [4.78, 5) is 26.1. The van der Waals surface area contributed by atoms with Crippen LogP contribution in [0, 0.1) is 20.8 Å². The standard InChI is InChI=1S/C23H21Br2NO4S/c1-12-9-17(25)10-13(2)21(12)30-11-18(27)26-22-20(23(28)29-4)19(14(3)31-22)15-5-7-16(24)8-6-15/h5-10H,11H2,1-4H3,(H,26,27). The minimum absolute atomic E-state index is 0.172. The van der Waals surface area contributed by atoms with Gasteiger partial charge in [-0.15, -0.1) is 11.3 Å². The van der Waals surface area contributed by atoms with Crippen molar-refractivity contribution in [2.24, 2.45) is 0 Å². The number of aryl methyl sites for hydroxylation is 3. The third-order valence-electron chi connectivity index (χ3n) is 4.63. The Morgan fingerprint density at radius 1 is 1.00 bits per heavy atom. The highest BCUT2D eigenvalue weighted by Gasteiger charge is 2.25. The van der Waals surface area contributed by atoms with Crippen LogP contribution in [0.1, 0.15) is 26.4 Å². The molecule has 1 N–H and O–H groups in total. The van der Waals surface area contributed by atoms with Crippen LogP contribution in [-0.2, 0) is 9.53 Å². The molecule has 162 valence electrons. The molecule has 0 atom stereocenters. The maximum atomic E-state index is 12.6. The summed E-state index contributed by atoms with van der Waals surface area (Å²) in [6.07, 6.45) is 0. The van der Waals surface area contributed by atoms with Crippen molar-refractivity contribution in [3.8, 4) is 16.9 Å². The van der Waals surface area contributed by atoms with Crippen LogP contribution in [0.3, 0.4) is 0 Å². The van der Waals surface area contributed by atoms with E-state index in [-0.39, 0.29) is 12.5 Å². The van der Waals surface area contributed by atoms with Crippen molar-refractivity contribution in [3.63, 3.8) is 0 Å². The summed E-state index contributed by atoms with van der Waals surface area (Å²) in [5.41, 5.74) is 3.82. The van der Waals surface area contributed by atoms with Gasteiger partial charge in [-0.05, 0) is 61.7 Å². The van der Waals surface area contributed by atoms with E-state index in [4.69, 9.17) is 9.47 Å². The van der Waals surface area contributed by atoms with E-state index >= 15 is 0 Å². The minimum atomic E-state index is -0.502. The maximum Gasteiger partial charge on any atom is 0.341 e. The summed E-state index contributed by atoms with van der Waals surface area (Å²) in [5.74, 6) is -0.182. The predicted molar refractivity (Wildman–Crippen MR) is 131 cm³/mol. The van der Waals surface area contributed by atoms with Crippen LogP contribution >= 0.6 is 43.2 Å². The molecule has 1 amide bonds. The van der Waals surface area contributed by atoms with Gasteiger partial charge in [-0.1, -0.05) is 44.0 Å². The topological polar surface area (TPSA) is 64.6 Å². The second-order valence-corrected chi connectivity index (χ2v) is 10.00. The minimum Gasteiger partial charge on any atom is -0.483 e. The van der Waals surface area contributed by atoms with Crippen molar-refractivity contribution in [1.29, 1.82) is 0 Å². The van der Waals surface area contributed by atoms with Crippen molar-refractivity contribution in [3.05, 3.63) is 66.9 Å². The lowest BCUT2D eigenvalue weighted by molar-refractivity contribution is -0.118. The second kappa shape index (κ2) is 9.97. The van der Waals surface area contributed by atoms with Gasteiger partial charge in [0.15, 0.2) is 6.61 Å². The van der Waals surface area contributed by atoms with E-state index in [1.807, 2.05) is 57.2 Å². The van der Waals surface area contributed by atoms with E-state index in [2.05, 4.69) is 37.2 Å². The maximum absolute atomic E-state index is 12.6. The fourth-order valence-corrected chi connectivity index (χ4v) is 5.35. The van der Waals surface area contributed by atoms with Crippen LogP contribution in [0.2, 0.25) is 0 Å². The van der Waals surface area contributed by atoms with Crippen LogP contribution < -0.4 is 10.1 Å². The largest absolute Gasteiger partial charge is 0.483 e. The zero-order valence-electron chi connectivity index (χ0n) is 17.5. The third kappa shape index (κ3) is 5.37. The molecule has 31 heavy (non-hydrogen) atoms. The van der Waals surface area contributed by atoms with Gasteiger partial charge in [0.25, 0.3) is 5.91 Å². The van der Waals surface area contributed by atoms with Crippen LogP contribution in [0.15, 0.2) is 45.3 Å². The molecule has 0 aliphatic heterocycles. The molecule has 8 heteroatoms. The fourth-order valence-electron chi connectivity index (χ4n) is 3.32. The SMILES string of the molecule is COC(=O)c1c(NC(=O)COc2c(C)cc(Br)cc2C)sc(C)c1-c1ccc(Br)cc1.